The molecule has 0 aromatic rings. The smallest absolute Gasteiger partial charge is 0.303 e. The fraction of sp³-hybridized carbons (Fsp3) is 0.929. The standard InChI is InChI=1S/C14H27NO3/c1-13(2)10-15(11-14(3,4)18-13)9-7-5-6-8-12(16)17/h5-11H2,1-4H3,(H,16,17). The van der Waals surface area contributed by atoms with E-state index in [2.05, 4.69) is 32.6 Å². The number of carboxylic acid groups (broad SMARTS) is 1. The van der Waals surface area contributed by atoms with E-state index in [9.17, 15) is 4.79 Å². The van der Waals surface area contributed by atoms with Crippen LogP contribution >= 0.6 is 0 Å². The molecule has 18 heavy (non-hydrogen) atoms. The third-order valence-electron chi connectivity index (χ3n) is 3.13. The minimum Gasteiger partial charge on any atom is -0.481 e. The molecule has 0 amide bonds. The maximum Gasteiger partial charge on any atom is 0.303 e. The number of hydrogen-bond acceptors (Lipinski definition) is 3. The number of rotatable bonds is 6. The van der Waals surface area contributed by atoms with Crippen LogP contribution < -0.4 is 0 Å². The summed E-state index contributed by atoms with van der Waals surface area (Å²) in [5.41, 5.74) is -0.189. The average Bonchev–Trinajstić information content (AvgIpc) is 2.11. The van der Waals surface area contributed by atoms with Gasteiger partial charge in [-0.05, 0) is 47.1 Å². The highest BCUT2D eigenvalue weighted by Crippen LogP contribution is 2.28. The minimum absolute atomic E-state index is 0.0944. The van der Waals surface area contributed by atoms with Gasteiger partial charge in [-0.25, -0.2) is 0 Å². The molecule has 0 atom stereocenters. The van der Waals surface area contributed by atoms with Gasteiger partial charge in [0.2, 0.25) is 0 Å². The Hall–Kier alpha value is -0.610. The number of morpholine rings is 1. The Bertz CT molecular complexity index is 271. The van der Waals surface area contributed by atoms with Crippen LogP contribution in [0.4, 0.5) is 0 Å². The molecule has 1 N–H and O–H groups in total. The summed E-state index contributed by atoms with van der Waals surface area (Å²) in [6.45, 7) is 11.5. The zero-order valence-corrected chi connectivity index (χ0v) is 12.2. The van der Waals surface area contributed by atoms with Crippen molar-refractivity contribution < 1.29 is 14.6 Å². The fourth-order valence-corrected chi connectivity index (χ4v) is 2.89. The van der Waals surface area contributed by atoms with Gasteiger partial charge in [0.1, 0.15) is 0 Å². The minimum atomic E-state index is -0.691. The number of aliphatic carboxylic acids is 1. The molecule has 0 aromatic heterocycles. The highest BCUT2D eigenvalue weighted by molar-refractivity contribution is 5.66. The van der Waals surface area contributed by atoms with Crippen LogP contribution in [0.3, 0.4) is 0 Å². The summed E-state index contributed by atoms with van der Waals surface area (Å²) in [6, 6.07) is 0. The zero-order valence-electron chi connectivity index (χ0n) is 12.2. The molecule has 1 aliphatic heterocycles. The Morgan fingerprint density at radius 1 is 1.11 bits per heavy atom. The van der Waals surface area contributed by atoms with Gasteiger partial charge in [-0.1, -0.05) is 6.42 Å². The van der Waals surface area contributed by atoms with Crippen LogP contribution in [-0.2, 0) is 9.53 Å². The highest BCUT2D eigenvalue weighted by Gasteiger charge is 2.37. The van der Waals surface area contributed by atoms with Crippen LogP contribution in [0.1, 0.15) is 53.4 Å². The van der Waals surface area contributed by atoms with E-state index in [1.54, 1.807) is 0 Å². The summed E-state index contributed by atoms with van der Waals surface area (Å²) < 4.78 is 6.03. The van der Waals surface area contributed by atoms with Crippen molar-refractivity contribution in [3.63, 3.8) is 0 Å². The topological polar surface area (TPSA) is 49.8 Å². The summed E-state index contributed by atoms with van der Waals surface area (Å²) >= 11 is 0. The lowest BCUT2D eigenvalue weighted by Gasteiger charge is -2.47. The third kappa shape index (κ3) is 5.83. The molecule has 0 aromatic carbocycles. The van der Waals surface area contributed by atoms with Gasteiger partial charge in [0.25, 0.3) is 0 Å². The Balaban J connectivity index is 2.27. The number of unbranched alkanes of at least 4 members (excludes halogenated alkanes) is 2. The Kier molecular flexibility index (Phi) is 5.17. The van der Waals surface area contributed by atoms with Crippen molar-refractivity contribution in [3.8, 4) is 0 Å². The van der Waals surface area contributed by atoms with E-state index in [0.717, 1.165) is 38.9 Å². The highest BCUT2D eigenvalue weighted by atomic mass is 16.5. The number of hydrogen-bond donors (Lipinski definition) is 1. The predicted molar refractivity (Wildman–Crippen MR) is 71.8 cm³/mol. The van der Waals surface area contributed by atoms with Gasteiger partial charge in [-0.15, -0.1) is 0 Å². The molecule has 1 saturated heterocycles. The van der Waals surface area contributed by atoms with Gasteiger partial charge in [0, 0.05) is 19.5 Å². The van der Waals surface area contributed by atoms with Crippen LogP contribution in [-0.4, -0.2) is 46.8 Å². The molecule has 0 bridgehead atoms. The summed E-state index contributed by atoms with van der Waals surface area (Å²) in [4.78, 5) is 12.8. The average molecular weight is 257 g/mol. The van der Waals surface area contributed by atoms with E-state index in [-0.39, 0.29) is 11.2 Å². The molecule has 1 fully saturated rings. The van der Waals surface area contributed by atoms with Crippen molar-refractivity contribution in [3.05, 3.63) is 0 Å². The van der Waals surface area contributed by atoms with E-state index in [1.807, 2.05) is 0 Å². The molecule has 0 saturated carbocycles. The van der Waals surface area contributed by atoms with Crippen molar-refractivity contribution in [2.24, 2.45) is 0 Å². The molecular weight excluding hydrogens is 230 g/mol. The quantitative estimate of drug-likeness (QED) is 0.743. The normalized spacial score (nSPS) is 22.9. The molecule has 0 unspecified atom stereocenters. The van der Waals surface area contributed by atoms with E-state index >= 15 is 0 Å². The van der Waals surface area contributed by atoms with E-state index < -0.39 is 5.97 Å². The van der Waals surface area contributed by atoms with Gasteiger partial charge in [-0.3, -0.25) is 9.69 Å². The van der Waals surface area contributed by atoms with Crippen molar-refractivity contribution in [1.82, 2.24) is 4.90 Å². The summed E-state index contributed by atoms with van der Waals surface area (Å²) in [6.07, 6.45) is 3.14. The number of nitrogens with zero attached hydrogens (tertiary/aromatic N) is 1. The molecule has 4 nitrogen and oxygen atoms in total. The number of carboxylic acids is 1. The monoisotopic (exact) mass is 257 g/mol. The molecule has 0 radical (unpaired) electrons. The molecule has 0 spiro atoms. The molecule has 4 heteroatoms. The summed E-state index contributed by atoms with van der Waals surface area (Å²) in [5.74, 6) is -0.691. The predicted octanol–water partition coefficient (Wildman–Crippen LogP) is 2.52. The summed E-state index contributed by atoms with van der Waals surface area (Å²) in [7, 11) is 0. The van der Waals surface area contributed by atoms with Crippen LogP contribution in [0.2, 0.25) is 0 Å². The van der Waals surface area contributed by atoms with E-state index in [1.165, 1.54) is 0 Å². The lowest BCUT2D eigenvalue weighted by Crippen LogP contribution is -2.57. The first-order valence-electron chi connectivity index (χ1n) is 6.85. The van der Waals surface area contributed by atoms with Crippen molar-refractivity contribution >= 4 is 5.97 Å². The lowest BCUT2D eigenvalue weighted by atomic mass is 9.98. The van der Waals surface area contributed by atoms with Gasteiger partial charge >= 0.3 is 5.97 Å². The van der Waals surface area contributed by atoms with Crippen molar-refractivity contribution in [2.45, 2.75) is 64.6 Å². The van der Waals surface area contributed by atoms with Crippen LogP contribution in [0.25, 0.3) is 0 Å². The van der Waals surface area contributed by atoms with Crippen molar-refractivity contribution in [2.75, 3.05) is 19.6 Å². The maximum atomic E-state index is 10.4. The van der Waals surface area contributed by atoms with Crippen LogP contribution in [0.5, 0.6) is 0 Å². The second-order valence-corrected chi connectivity index (χ2v) is 6.54. The molecule has 1 aliphatic rings. The van der Waals surface area contributed by atoms with Crippen LogP contribution in [0.15, 0.2) is 0 Å². The Morgan fingerprint density at radius 3 is 2.17 bits per heavy atom. The van der Waals surface area contributed by atoms with Crippen LogP contribution in [0, 0.1) is 0 Å². The van der Waals surface area contributed by atoms with E-state index in [0.29, 0.717) is 6.42 Å². The second-order valence-electron chi connectivity index (χ2n) is 6.54. The molecule has 1 rings (SSSR count). The SMILES string of the molecule is CC1(C)CN(CCCCCC(=O)O)CC(C)(C)O1. The molecular formula is C14H27NO3. The van der Waals surface area contributed by atoms with Gasteiger partial charge in [-0.2, -0.15) is 0 Å². The van der Waals surface area contributed by atoms with Crippen molar-refractivity contribution in [1.29, 1.82) is 0 Å². The van der Waals surface area contributed by atoms with E-state index in [4.69, 9.17) is 9.84 Å². The second kappa shape index (κ2) is 6.02. The fourth-order valence-electron chi connectivity index (χ4n) is 2.89. The zero-order chi connectivity index (χ0) is 13.8. The molecule has 1 heterocycles. The maximum absolute atomic E-state index is 10.4. The third-order valence-corrected chi connectivity index (χ3v) is 3.13. The van der Waals surface area contributed by atoms with Gasteiger partial charge in [0.15, 0.2) is 0 Å². The van der Waals surface area contributed by atoms with Gasteiger partial charge < -0.3 is 9.84 Å². The number of carbonyl (C=O) groups is 1. The first-order chi connectivity index (χ1) is 8.20. The molecule has 106 valence electrons. The first kappa shape index (κ1) is 15.4. The number of ether oxygens (including phenoxy) is 1. The summed E-state index contributed by atoms with van der Waals surface area (Å²) in [5, 5.41) is 8.57. The largest absolute Gasteiger partial charge is 0.481 e. The Labute approximate surface area is 110 Å². The Morgan fingerprint density at radius 2 is 1.67 bits per heavy atom. The molecule has 0 aliphatic carbocycles. The van der Waals surface area contributed by atoms with Gasteiger partial charge in [0.05, 0.1) is 11.2 Å². The first-order valence-corrected chi connectivity index (χ1v) is 6.85. The lowest BCUT2D eigenvalue weighted by molar-refractivity contribution is -0.180.